The van der Waals surface area contributed by atoms with Crippen molar-refractivity contribution in [1.82, 2.24) is 0 Å². The van der Waals surface area contributed by atoms with Crippen LogP contribution in [0.5, 0.6) is 0 Å². The molecule has 0 saturated heterocycles. The monoisotopic (exact) mass is 166 g/mol. The van der Waals surface area contributed by atoms with Crippen LogP contribution in [0.2, 0.25) is 0 Å². The van der Waals surface area contributed by atoms with Crippen LogP contribution in [0.15, 0.2) is 12.7 Å². The van der Waals surface area contributed by atoms with Crippen LogP contribution in [-0.2, 0) is 4.74 Å². The molecule has 0 bridgehead atoms. The molecule has 0 aromatic rings. The first-order valence-electron chi connectivity index (χ1n) is 4.79. The van der Waals surface area contributed by atoms with Crippen molar-refractivity contribution in [3.05, 3.63) is 12.7 Å². The Balaban J connectivity index is 2.59. The van der Waals surface area contributed by atoms with Crippen molar-refractivity contribution in [2.45, 2.75) is 31.7 Å². The molecule has 1 aliphatic carbocycles. The zero-order chi connectivity index (χ0) is 9.19. The molecule has 1 nitrogen and oxygen atoms in total. The molecule has 0 amide bonds. The van der Waals surface area contributed by atoms with Gasteiger partial charge in [0.15, 0.2) is 0 Å². The Morgan fingerprint density at radius 3 is 2.50 bits per heavy atom. The Morgan fingerprint density at radius 1 is 1.67 bits per heavy atom. The van der Waals surface area contributed by atoms with Crippen LogP contribution < -0.4 is 0 Å². The van der Waals surface area contributed by atoms with E-state index in [1.165, 1.54) is 19.3 Å². The van der Waals surface area contributed by atoms with Crippen LogP contribution >= 0.6 is 0 Å². The molecular formula is C10H19BO. The fourth-order valence-electron chi connectivity index (χ4n) is 1.98. The summed E-state index contributed by atoms with van der Waals surface area (Å²) in [5.41, 5.74) is -0.0349. The maximum atomic E-state index is 5.48. The smallest absolute Gasteiger partial charge is 0.143 e. The Kier molecular flexibility index (Phi) is 3.00. The summed E-state index contributed by atoms with van der Waals surface area (Å²) in [6.07, 6.45) is 6.15. The Hall–Kier alpha value is -0.235. The van der Waals surface area contributed by atoms with E-state index in [0.717, 1.165) is 5.92 Å². The van der Waals surface area contributed by atoms with Gasteiger partial charge in [-0.25, -0.2) is 0 Å². The largest absolute Gasteiger partial charge is 0.387 e. The van der Waals surface area contributed by atoms with E-state index < -0.39 is 0 Å². The molecule has 0 aliphatic heterocycles. The van der Waals surface area contributed by atoms with Gasteiger partial charge in [-0.1, -0.05) is 12.5 Å². The van der Waals surface area contributed by atoms with Crippen molar-refractivity contribution in [2.24, 2.45) is 11.8 Å². The van der Waals surface area contributed by atoms with Gasteiger partial charge < -0.3 is 4.74 Å². The molecule has 0 N–H and O–H groups in total. The molecule has 2 atom stereocenters. The van der Waals surface area contributed by atoms with Gasteiger partial charge in [0, 0.05) is 18.5 Å². The standard InChI is InChI=1S/C10H19BO/c1-4-9(8-6-5-7-8)10(2,11)12-3/h4,8-9H,1,5-7,11H2,2-3H3. The first kappa shape index (κ1) is 9.85. The third kappa shape index (κ3) is 1.74. The zero-order valence-corrected chi connectivity index (χ0v) is 8.47. The van der Waals surface area contributed by atoms with Gasteiger partial charge in [0.1, 0.15) is 7.85 Å². The van der Waals surface area contributed by atoms with Crippen LogP contribution in [0.1, 0.15) is 26.2 Å². The van der Waals surface area contributed by atoms with E-state index >= 15 is 0 Å². The highest BCUT2D eigenvalue weighted by atomic mass is 16.5. The summed E-state index contributed by atoms with van der Waals surface area (Å²) in [6.45, 7) is 6.05. The Labute approximate surface area is 76.6 Å². The SMILES string of the molecule is BC(C)(OC)C(C=C)C1CCC1. The molecule has 68 valence electrons. The highest BCUT2D eigenvalue weighted by molar-refractivity contribution is 6.14. The molecule has 1 fully saturated rings. The van der Waals surface area contributed by atoms with Crippen LogP contribution in [0.4, 0.5) is 0 Å². The van der Waals surface area contributed by atoms with Gasteiger partial charge in [-0.05, 0) is 25.7 Å². The third-order valence-corrected chi connectivity index (χ3v) is 3.24. The van der Waals surface area contributed by atoms with E-state index in [0.29, 0.717) is 5.92 Å². The molecule has 1 aliphatic rings. The van der Waals surface area contributed by atoms with Gasteiger partial charge in [-0.15, -0.1) is 6.58 Å². The molecular weight excluding hydrogens is 147 g/mol. The summed E-state index contributed by atoms with van der Waals surface area (Å²) in [5.74, 6) is 1.34. The van der Waals surface area contributed by atoms with Gasteiger partial charge in [0.2, 0.25) is 0 Å². The lowest BCUT2D eigenvalue weighted by molar-refractivity contribution is 0.00695. The van der Waals surface area contributed by atoms with E-state index in [4.69, 9.17) is 4.74 Å². The minimum absolute atomic E-state index is 0.0349. The van der Waals surface area contributed by atoms with Crippen LogP contribution in [0, 0.1) is 11.8 Å². The minimum Gasteiger partial charge on any atom is -0.387 e. The number of methoxy groups -OCH3 is 1. The molecule has 1 rings (SSSR count). The quantitative estimate of drug-likeness (QED) is 0.455. The fraction of sp³-hybridized carbons (Fsp3) is 0.800. The normalized spacial score (nSPS) is 25.5. The first-order chi connectivity index (χ1) is 5.61. The summed E-state index contributed by atoms with van der Waals surface area (Å²) in [6, 6.07) is 0. The summed E-state index contributed by atoms with van der Waals surface area (Å²) in [5, 5.41) is 0. The van der Waals surface area contributed by atoms with Crippen LogP contribution in [-0.4, -0.2) is 20.5 Å². The highest BCUT2D eigenvalue weighted by Crippen LogP contribution is 2.39. The zero-order valence-electron chi connectivity index (χ0n) is 8.47. The summed E-state index contributed by atoms with van der Waals surface area (Å²) in [7, 11) is 3.94. The second kappa shape index (κ2) is 3.65. The van der Waals surface area contributed by atoms with Gasteiger partial charge in [0.05, 0.1) is 0 Å². The second-order valence-corrected chi connectivity index (χ2v) is 4.26. The molecule has 2 unspecified atom stereocenters. The van der Waals surface area contributed by atoms with Gasteiger partial charge >= 0.3 is 0 Å². The Bertz CT molecular complexity index is 161. The van der Waals surface area contributed by atoms with Crippen molar-refractivity contribution in [2.75, 3.05) is 7.11 Å². The summed E-state index contributed by atoms with van der Waals surface area (Å²) in [4.78, 5) is 0. The van der Waals surface area contributed by atoms with Crippen LogP contribution in [0.3, 0.4) is 0 Å². The molecule has 0 aromatic carbocycles. The van der Waals surface area contributed by atoms with E-state index in [1.807, 2.05) is 0 Å². The molecule has 0 radical (unpaired) electrons. The topological polar surface area (TPSA) is 9.23 Å². The van der Waals surface area contributed by atoms with Gasteiger partial charge in [-0.2, -0.15) is 0 Å². The molecule has 12 heavy (non-hydrogen) atoms. The molecule has 0 spiro atoms. The minimum atomic E-state index is -0.0349. The number of rotatable bonds is 4. The molecule has 2 heteroatoms. The number of ether oxygens (including phenoxy) is 1. The fourth-order valence-corrected chi connectivity index (χ4v) is 1.98. The maximum absolute atomic E-state index is 5.48. The number of hydrogen-bond acceptors (Lipinski definition) is 1. The first-order valence-corrected chi connectivity index (χ1v) is 4.79. The lowest BCUT2D eigenvalue weighted by Gasteiger charge is -2.41. The average Bonchev–Trinajstić information content (AvgIpc) is 1.96. The molecule has 0 heterocycles. The summed E-state index contributed by atoms with van der Waals surface area (Å²) < 4.78 is 5.48. The average molecular weight is 166 g/mol. The van der Waals surface area contributed by atoms with E-state index in [1.54, 1.807) is 7.11 Å². The molecule has 0 aromatic heterocycles. The van der Waals surface area contributed by atoms with Crippen molar-refractivity contribution < 1.29 is 4.74 Å². The maximum Gasteiger partial charge on any atom is 0.143 e. The van der Waals surface area contributed by atoms with Crippen molar-refractivity contribution in [1.29, 1.82) is 0 Å². The van der Waals surface area contributed by atoms with E-state index in [9.17, 15) is 0 Å². The van der Waals surface area contributed by atoms with Gasteiger partial charge in [0.25, 0.3) is 0 Å². The lowest BCUT2D eigenvalue weighted by atomic mass is 9.62. The van der Waals surface area contributed by atoms with Crippen molar-refractivity contribution in [3.8, 4) is 0 Å². The molecule has 1 saturated carbocycles. The van der Waals surface area contributed by atoms with Crippen molar-refractivity contribution in [3.63, 3.8) is 0 Å². The van der Waals surface area contributed by atoms with Gasteiger partial charge in [-0.3, -0.25) is 0 Å². The third-order valence-electron chi connectivity index (χ3n) is 3.24. The van der Waals surface area contributed by atoms with Crippen LogP contribution in [0.25, 0.3) is 0 Å². The van der Waals surface area contributed by atoms with Crippen molar-refractivity contribution >= 4 is 7.85 Å². The highest BCUT2D eigenvalue weighted by Gasteiger charge is 2.35. The lowest BCUT2D eigenvalue weighted by Crippen LogP contribution is -2.42. The van der Waals surface area contributed by atoms with E-state index in [2.05, 4.69) is 27.4 Å². The predicted molar refractivity (Wildman–Crippen MR) is 55.0 cm³/mol. The second-order valence-electron chi connectivity index (χ2n) is 4.26. The summed E-state index contributed by atoms with van der Waals surface area (Å²) >= 11 is 0. The predicted octanol–water partition coefficient (Wildman–Crippen LogP) is 1.58. The van der Waals surface area contributed by atoms with E-state index in [-0.39, 0.29) is 5.50 Å². The Morgan fingerprint density at radius 2 is 2.25 bits per heavy atom. The number of hydrogen-bond donors (Lipinski definition) is 0.